The quantitative estimate of drug-likeness (QED) is 0.473. The van der Waals surface area contributed by atoms with E-state index in [4.69, 9.17) is 0 Å². The van der Waals surface area contributed by atoms with E-state index >= 15 is 0 Å². The third-order valence-corrected chi connectivity index (χ3v) is 6.05. The molecule has 0 nitrogen and oxygen atoms in total. The van der Waals surface area contributed by atoms with E-state index in [1.165, 1.54) is 62.5 Å². The largest absolute Gasteiger partial charge is 0.0998 e. The molecular weight excluding hydrogens is 264 g/mol. The van der Waals surface area contributed by atoms with Crippen molar-refractivity contribution in [3.8, 4) is 0 Å². The summed E-state index contributed by atoms with van der Waals surface area (Å²) in [6, 6.07) is 0. The van der Waals surface area contributed by atoms with Gasteiger partial charge < -0.3 is 0 Å². The second-order valence-electron chi connectivity index (χ2n) is 7.84. The Morgan fingerprint density at radius 1 is 0.818 bits per heavy atom. The minimum Gasteiger partial charge on any atom is -0.0998 e. The topological polar surface area (TPSA) is 0 Å². The number of hydrogen-bond acceptors (Lipinski definition) is 0. The summed E-state index contributed by atoms with van der Waals surface area (Å²) in [7, 11) is 0. The normalized spacial score (nSPS) is 26.4. The van der Waals surface area contributed by atoms with Crippen LogP contribution in [0.2, 0.25) is 0 Å². The van der Waals surface area contributed by atoms with Crippen LogP contribution in [0.1, 0.15) is 79.1 Å². The Hall–Kier alpha value is -1.04. The molecule has 0 saturated heterocycles. The molecule has 0 saturated carbocycles. The molecule has 2 aliphatic carbocycles. The zero-order valence-electron chi connectivity index (χ0n) is 15.2. The predicted octanol–water partition coefficient (Wildman–Crippen LogP) is 7.15. The Kier molecular flexibility index (Phi) is 5.89. The first-order valence-corrected chi connectivity index (χ1v) is 9.04. The van der Waals surface area contributed by atoms with Crippen molar-refractivity contribution >= 4 is 0 Å². The van der Waals surface area contributed by atoms with Gasteiger partial charge in [-0.3, -0.25) is 0 Å². The maximum absolute atomic E-state index is 4.19. The molecule has 122 valence electrons. The van der Waals surface area contributed by atoms with Crippen molar-refractivity contribution in [2.45, 2.75) is 79.1 Å². The number of rotatable bonds is 5. The summed E-state index contributed by atoms with van der Waals surface area (Å²) < 4.78 is 0. The molecule has 0 aromatic heterocycles. The molecule has 0 amide bonds. The van der Waals surface area contributed by atoms with Crippen LogP contribution in [0.25, 0.3) is 0 Å². The van der Waals surface area contributed by atoms with E-state index in [2.05, 4.69) is 40.9 Å². The summed E-state index contributed by atoms with van der Waals surface area (Å²) in [5.41, 5.74) is 9.50. The van der Waals surface area contributed by atoms with Crippen LogP contribution in [0.4, 0.5) is 0 Å². The van der Waals surface area contributed by atoms with Crippen LogP contribution < -0.4 is 0 Å². The molecule has 0 N–H and O–H groups in total. The SMILES string of the molecule is C=C(C)[C@H]1CCC(C)=C(CCC2=C(C)CC[C@H](C(=C)C)C2)C1. The van der Waals surface area contributed by atoms with Gasteiger partial charge in [0, 0.05) is 0 Å². The van der Waals surface area contributed by atoms with E-state index in [1.807, 2.05) is 0 Å². The van der Waals surface area contributed by atoms with Crippen molar-refractivity contribution in [1.82, 2.24) is 0 Å². The van der Waals surface area contributed by atoms with Crippen LogP contribution in [0.5, 0.6) is 0 Å². The highest BCUT2D eigenvalue weighted by Crippen LogP contribution is 2.39. The summed E-state index contributed by atoms with van der Waals surface area (Å²) in [5, 5.41) is 0. The summed E-state index contributed by atoms with van der Waals surface area (Å²) >= 11 is 0. The fraction of sp³-hybridized carbons (Fsp3) is 0.636. The van der Waals surface area contributed by atoms with Crippen molar-refractivity contribution in [1.29, 1.82) is 0 Å². The van der Waals surface area contributed by atoms with Gasteiger partial charge in [0.2, 0.25) is 0 Å². The van der Waals surface area contributed by atoms with Gasteiger partial charge in [0.05, 0.1) is 0 Å². The Bertz CT molecular complexity index is 464. The fourth-order valence-corrected chi connectivity index (χ4v) is 4.06. The van der Waals surface area contributed by atoms with E-state index in [0.29, 0.717) is 0 Å². The predicted molar refractivity (Wildman–Crippen MR) is 98.9 cm³/mol. The molecule has 2 aliphatic rings. The fourth-order valence-electron chi connectivity index (χ4n) is 4.06. The van der Waals surface area contributed by atoms with Crippen LogP contribution in [-0.2, 0) is 0 Å². The minimum atomic E-state index is 0.725. The van der Waals surface area contributed by atoms with Gasteiger partial charge in [-0.15, -0.1) is 0 Å². The Labute approximate surface area is 138 Å². The van der Waals surface area contributed by atoms with Crippen molar-refractivity contribution < 1.29 is 0 Å². The molecule has 0 unspecified atom stereocenters. The molecule has 22 heavy (non-hydrogen) atoms. The molecule has 2 atom stereocenters. The first-order chi connectivity index (χ1) is 10.4. The van der Waals surface area contributed by atoms with Gasteiger partial charge in [-0.25, -0.2) is 0 Å². The summed E-state index contributed by atoms with van der Waals surface area (Å²) in [5.74, 6) is 1.45. The lowest BCUT2D eigenvalue weighted by atomic mass is 9.76. The molecular formula is C22H34. The zero-order valence-corrected chi connectivity index (χ0v) is 15.2. The highest BCUT2D eigenvalue weighted by molar-refractivity contribution is 5.24. The van der Waals surface area contributed by atoms with E-state index in [1.54, 1.807) is 22.3 Å². The highest BCUT2D eigenvalue weighted by Gasteiger charge is 2.22. The first-order valence-electron chi connectivity index (χ1n) is 9.04. The molecule has 0 radical (unpaired) electrons. The average Bonchev–Trinajstić information content (AvgIpc) is 2.47. The molecule has 0 fully saturated rings. The van der Waals surface area contributed by atoms with E-state index in [-0.39, 0.29) is 0 Å². The van der Waals surface area contributed by atoms with Crippen LogP contribution in [0, 0.1) is 11.8 Å². The van der Waals surface area contributed by atoms with Gasteiger partial charge in [0.15, 0.2) is 0 Å². The van der Waals surface area contributed by atoms with Gasteiger partial charge in [0.25, 0.3) is 0 Å². The standard InChI is InChI=1S/C22H34/c1-15(2)19-9-7-17(5)21(13-19)11-12-22-14-20(16(3)4)10-8-18(22)6/h19-20H,1,3,7-14H2,2,4-6H3/t19-,20-/m0/s1. The van der Waals surface area contributed by atoms with Gasteiger partial charge in [0.1, 0.15) is 0 Å². The van der Waals surface area contributed by atoms with Gasteiger partial charge in [-0.2, -0.15) is 0 Å². The Morgan fingerprint density at radius 3 is 1.50 bits per heavy atom. The van der Waals surface area contributed by atoms with Crippen LogP contribution in [-0.4, -0.2) is 0 Å². The molecule has 0 heteroatoms. The van der Waals surface area contributed by atoms with Crippen molar-refractivity contribution in [3.05, 3.63) is 46.6 Å². The van der Waals surface area contributed by atoms with Crippen molar-refractivity contribution in [2.75, 3.05) is 0 Å². The Balaban J connectivity index is 1.99. The third kappa shape index (κ3) is 4.24. The van der Waals surface area contributed by atoms with Crippen molar-refractivity contribution in [3.63, 3.8) is 0 Å². The first kappa shape index (κ1) is 17.3. The lowest BCUT2D eigenvalue weighted by Crippen LogP contribution is -2.13. The minimum absolute atomic E-state index is 0.725. The highest BCUT2D eigenvalue weighted by atomic mass is 14.3. The molecule has 0 bridgehead atoms. The van der Waals surface area contributed by atoms with E-state index in [9.17, 15) is 0 Å². The molecule has 0 spiro atoms. The number of allylic oxidation sites excluding steroid dienone is 6. The molecule has 0 aliphatic heterocycles. The van der Waals surface area contributed by atoms with E-state index < -0.39 is 0 Å². The third-order valence-electron chi connectivity index (χ3n) is 6.05. The molecule has 0 aromatic rings. The Morgan fingerprint density at radius 2 is 1.18 bits per heavy atom. The van der Waals surface area contributed by atoms with Gasteiger partial charge >= 0.3 is 0 Å². The second kappa shape index (κ2) is 7.49. The van der Waals surface area contributed by atoms with Crippen molar-refractivity contribution in [2.24, 2.45) is 11.8 Å². The molecule has 0 heterocycles. The summed E-state index contributed by atoms with van der Waals surface area (Å²) in [4.78, 5) is 0. The van der Waals surface area contributed by atoms with E-state index in [0.717, 1.165) is 11.8 Å². The smallest absolute Gasteiger partial charge is 0.0168 e. The lowest BCUT2D eigenvalue weighted by Gasteiger charge is -2.29. The summed E-state index contributed by atoms with van der Waals surface area (Å²) in [6.07, 6.45) is 10.2. The molecule has 2 rings (SSSR count). The lowest BCUT2D eigenvalue weighted by molar-refractivity contribution is 0.492. The zero-order chi connectivity index (χ0) is 16.3. The van der Waals surface area contributed by atoms with Crippen LogP contribution in [0.3, 0.4) is 0 Å². The number of hydrogen-bond donors (Lipinski definition) is 0. The average molecular weight is 299 g/mol. The monoisotopic (exact) mass is 298 g/mol. The maximum atomic E-state index is 4.19. The second-order valence-corrected chi connectivity index (χ2v) is 7.84. The van der Waals surface area contributed by atoms with Crippen LogP contribution in [0.15, 0.2) is 46.6 Å². The summed E-state index contributed by atoms with van der Waals surface area (Å²) in [6.45, 7) is 17.5. The van der Waals surface area contributed by atoms with Gasteiger partial charge in [-0.05, 0) is 90.9 Å². The van der Waals surface area contributed by atoms with Crippen LogP contribution >= 0.6 is 0 Å². The van der Waals surface area contributed by atoms with Gasteiger partial charge in [-0.1, -0.05) is 46.6 Å². The maximum Gasteiger partial charge on any atom is -0.0168 e. The molecule has 0 aromatic carbocycles.